The molecule has 144 valence electrons. The molecule has 0 radical (unpaired) electrons. The lowest BCUT2D eigenvalue weighted by molar-refractivity contribution is -0.138. The van der Waals surface area contributed by atoms with Crippen LogP contribution in [0.5, 0.6) is 5.75 Å². The van der Waals surface area contributed by atoms with E-state index >= 15 is 0 Å². The van der Waals surface area contributed by atoms with Gasteiger partial charge in [-0.05, 0) is 55.0 Å². The zero-order valence-corrected chi connectivity index (χ0v) is 17.7. The van der Waals surface area contributed by atoms with Crippen molar-refractivity contribution in [1.82, 2.24) is 0 Å². The second kappa shape index (κ2) is 9.12. The number of methoxy groups -OCH3 is 1. The van der Waals surface area contributed by atoms with Crippen molar-refractivity contribution in [2.75, 3.05) is 13.7 Å². The normalized spacial score (nSPS) is 16.7. The predicted molar refractivity (Wildman–Crippen MR) is 116 cm³/mol. The van der Waals surface area contributed by atoms with Crippen LogP contribution in [0.3, 0.4) is 0 Å². The molecule has 1 heterocycles. The van der Waals surface area contributed by atoms with Crippen LogP contribution in [0, 0.1) is 0 Å². The molecule has 1 aliphatic heterocycles. The van der Waals surface area contributed by atoms with E-state index in [0.717, 1.165) is 10.0 Å². The summed E-state index contributed by atoms with van der Waals surface area (Å²) in [7, 11) is 1.59. The summed E-state index contributed by atoms with van der Waals surface area (Å²) in [6.07, 6.45) is 1.81. The van der Waals surface area contributed by atoms with Gasteiger partial charge in [0.15, 0.2) is 0 Å². The van der Waals surface area contributed by atoms with Crippen LogP contribution in [-0.2, 0) is 9.53 Å². The second-order valence-electron chi connectivity index (χ2n) is 5.72. The van der Waals surface area contributed by atoms with Gasteiger partial charge in [0.25, 0.3) is 0 Å². The van der Waals surface area contributed by atoms with Gasteiger partial charge in [-0.2, -0.15) is 0 Å². The molecule has 0 bridgehead atoms. The predicted octanol–water partition coefficient (Wildman–Crippen LogP) is 5.65. The lowest BCUT2D eigenvalue weighted by Gasteiger charge is -2.04. The van der Waals surface area contributed by atoms with E-state index in [1.807, 2.05) is 24.3 Å². The highest BCUT2D eigenvalue weighted by atomic mass is 79.9. The fourth-order valence-corrected chi connectivity index (χ4v) is 3.97. The third kappa shape index (κ3) is 4.66. The number of hydrogen-bond acceptors (Lipinski definition) is 6. The number of hydrogen-bond donors (Lipinski definition) is 1. The van der Waals surface area contributed by atoms with Gasteiger partial charge in [-0.3, -0.25) is 0 Å². The van der Waals surface area contributed by atoms with Crippen molar-refractivity contribution in [3.8, 4) is 5.75 Å². The summed E-state index contributed by atoms with van der Waals surface area (Å²) in [4.78, 5) is 17.5. The van der Waals surface area contributed by atoms with Crippen molar-refractivity contribution in [3.63, 3.8) is 0 Å². The highest BCUT2D eigenvalue weighted by Gasteiger charge is 2.33. The molecule has 5 nitrogen and oxygen atoms in total. The van der Waals surface area contributed by atoms with E-state index in [1.165, 1.54) is 11.8 Å². The second-order valence-corrected chi connectivity index (χ2v) is 7.67. The van der Waals surface area contributed by atoms with Crippen LogP contribution < -0.4 is 4.74 Å². The number of aliphatic hydroxyl groups is 1. The Kier molecular flexibility index (Phi) is 6.59. The first-order chi connectivity index (χ1) is 13.5. The summed E-state index contributed by atoms with van der Waals surface area (Å²) in [6, 6.07) is 14.8. The molecular formula is C21H18BrNO4S. The van der Waals surface area contributed by atoms with Crippen molar-refractivity contribution in [1.29, 1.82) is 0 Å². The molecule has 28 heavy (non-hydrogen) atoms. The molecule has 0 aliphatic carbocycles. The van der Waals surface area contributed by atoms with Crippen LogP contribution in [0.15, 0.2) is 74.2 Å². The number of esters is 1. The number of halogens is 1. The van der Waals surface area contributed by atoms with Gasteiger partial charge >= 0.3 is 5.97 Å². The average Bonchev–Trinajstić information content (AvgIpc) is 2.97. The fourth-order valence-electron chi connectivity index (χ4n) is 2.51. The molecule has 0 unspecified atom stereocenters. The highest BCUT2D eigenvalue weighted by molar-refractivity contribution is 9.10. The molecule has 3 rings (SSSR count). The lowest BCUT2D eigenvalue weighted by atomic mass is 10.1. The van der Waals surface area contributed by atoms with E-state index in [0.29, 0.717) is 21.4 Å². The van der Waals surface area contributed by atoms with E-state index in [4.69, 9.17) is 9.47 Å². The number of carbonyl (C=O) groups excluding carboxylic acids is 1. The van der Waals surface area contributed by atoms with Crippen molar-refractivity contribution in [2.45, 2.75) is 6.92 Å². The Bertz CT molecular complexity index is 980. The van der Waals surface area contributed by atoms with Gasteiger partial charge in [-0.15, -0.1) is 0 Å². The molecule has 0 fully saturated rings. The number of nitrogens with zero attached hydrogens (tertiary/aromatic N) is 1. The first-order valence-corrected chi connectivity index (χ1v) is 10.1. The minimum Gasteiger partial charge on any atom is -0.506 e. The molecule has 1 N–H and O–H groups in total. The number of thioether (sulfide) groups is 1. The third-order valence-corrected chi connectivity index (χ3v) is 5.33. The number of aliphatic imine (C=N–C) groups is 1. The fraction of sp³-hybridized carbons (Fsp3) is 0.143. The SMILES string of the molecule is CCOC(=O)C1=C(O)C(=Cc2cccc(Br)c2)SC1=Nc1ccc(OC)cc1. The van der Waals surface area contributed by atoms with Gasteiger partial charge in [0, 0.05) is 4.47 Å². The minimum absolute atomic E-state index is 0.0731. The number of ether oxygens (including phenoxy) is 2. The van der Waals surface area contributed by atoms with E-state index in [9.17, 15) is 9.90 Å². The molecule has 1 aliphatic rings. The molecule has 2 aromatic carbocycles. The topological polar surface area (TPSA) is 68.1 Å². The molecule has 0 saturated heterocycles. The number of rotatable bonds is 5. The molecule has 0 atom stereocenters. The van der Waals surface area contributed by atoms with Crippen molar-refractivity contribution in [3.05, 3.63) is 74.8 Å². The van der Waals surface area contributed by atoms with Gasteiger partial charge in [-0.25, -0.2) is 9.79 Å². The maximum atomic E-state index is 12.4. The molecule has 0 spiro atoms. The van der Waals surface area contributed by atoms with Crippen molar-refractivity contribution >= 4 is 50.5 Å². The zero-order valence-electron chi connectivity index (χ0n) is 15.3. The maximum absolute atomic E-state index is 12.4. The van der Waals surface area contributed by atoms with E-state index in [1.54, 1.807) is 44.4 Å². The zero-order chi connectivity index (χ0) is 20.1. The number of benzene rings is 2. The van der Waals surface area contributed by atoms with Crippen LogP contribution in [0.4, 0.5) is 5.69 Å². The van der Waals surface area contributed by atoms with Gasteiger partial charge in [0.1, 0.15) is 22.1 Å². The average molecular weight is 460 g/mol. The molecule has 0 aromatic heterocycles. The summed E-state index contributed by atoms with van der Waals surface area (Å²) in [5, 5.41) is 11.1. The third-order valence-electron chi connectivity index (χ3n) is 3.82. The Balaban J connectivity index is 2.01. The molecule has 7 heteroatoms. The first kappa shape index (κ1) is 20.2. The molecular weight excluding hydrogens is 442 g/mol. The van der Waals surface area contributed by atoms with Crippen LogP contribution >= 0.6 is 27.7 Å². The van der Waals surface area contributed by atoms with E-state index in [-0.39, 0.29) is 17.9 Å². The van der Waals surface area contributed by atoms with Crippen molar-refractivity contribution in [2.24, 2.45) is 4.99 Å². The molecule has 0 saturated carbocycles. The summed E-state index contributed by atoms with van der Waals surface area (Å²) < 4.78 is 11.2. The standard InChI is InChI=1S/C21H18BrNO4S/c1-3-27-21(25)18-19(24)17(12-13-5-4-6-14(22)11-13)28-20(18)23-15-7-9-16(26-2)10-8-15/h4-12,24H,3H2,1-2H3. The van der Waals surface area contributed by atoms with Gasteiger partial charge in [-0.1, -0.05) is 39.8 Å². The molecule has 2 aromatic rings. The number of aliphatic hydroxyl groups excluding tert-OH is 1. The minimum atomic E-state index is -0.600. The van der Waals surface area contributed by atoms with E-state index < -0.39 is 5.97 Å². The van der Waals surface area contributed by atoms with Crippen LogP contribution in [-0.4, -0.2) is 29.8 Å². The lowest BCUT2D eigenvalue weighted by Crippen LogP contribution is -2.12. The quantitative estimate of drug-likeness (QED) is 0.584. The Labute approximate surface area is 175 Å². The molecule has 0 amide bonds. The van der Waals surface area contributed by atoms with Gasteiger partial charge < -0.3 is 14.6 Å². The Morgan fingerprint density at radius 2 is 2.00 bits per heavy atom. The number of carbonyl (C=O) groups is 1. The summed E-state index contributed by atoms with van der Waals surface area (Å²) >= 11 is 4.66. The summed E-state index contributed by atoms with van der Waals surface area (Å²) in [5.74, 6) is -0.0182. The Morgan fingerprint density at radius 3 is 2.64 bits per heavy atom. The van der Waals surface area contributed by atoms with Gasteiger partial charge in [0.2, 0.25) is 0 Å². The van der Waals surface area contributed by atoms with Crippen molar-refractivity contribution < 1.29 is 19.4 Å². The smallest absolute Gasteiger partial charge is 0.344 e. The van der Waals surface area contributed by atoms with Crippen LogP contribution in [0.2, 0.25) is 0 Å². The maximum Gasteiger partial charge on any atom is 0.344 e. The first-order valence-electron chi connectivity index (χ1n) is 8.50. The monoisotopic (exact) mass is 459 g/mol. The Hall–Kier alpha value is -2.51. The van der Waals surface area contributed by atoms with Gasteiger partial charge in [0.05, 0.1) is 24.3 Å². The van der Waals surface area contributed by atoms with E-state index in [2.05, 4.69) is 20.9 Å². The largest absolute Gasteiger partial charge is 0.506 e. The summed E-state index contributed by atoms with van der Waals surface area (Å²) in [5.41, 5.74) is 1.60. The van der Waals surface area contributed by atoms with Crippen LogP contribution in [0.1, 0.15) is 12.5 Å². The van der Waals surface area contributed by atoms with Crippen LogP contribution in [0.25, 0.3) is 6.08 Å². The highest BCUT2D eigenvalue weighted by Crippen LogP contribution is 2.40. The Morgan fingerprint density at radius 1 is 1.25 bits per heavy atom. The summed E-state index contributed by atoms with van der Waals surface area (Å²) in [6.45, 7) is 1.93.